The zero-order chi connectivity index (χ0) is 9.40. The average Bonchev–Trinajstić information content (AvgIpc) is 1.97. The second-order valence-corrected chi connectivity index (χ2v) is 4.02. The molecule has 12 heavy (non-hydrogen) atoms. The minimum Gasteiger partial charge on any atom is -0.297 e. The monoisotopic (exact) mass is 169 g/mol. The van der Waals surface area contributed by atoms with E-state index in [0.717, 1.165) is 12.5 Å². The van der Waals surface area contributed by atoms with E-state index >= 15 is 0 Å². The summed E-state index contributed by atoms with van der Waals surface area (Å²) >= 11 is 0. The Hall–Kier alpha value is -0.330. The molecule has 0 aromatic heterocycles. The minimum atomic E-state index is 0.654. The normalized spacial score (nSPS) is 14.4. The molecule has 0 rings (SSSR count). The van der Waals surface area contributed by atoms with Crippen LogP contribution in [0.4, 0.5) is 0 Å². The standard InChI is InChI=1S/C11H23N/c1-5-6-7-12-9-11(4)8-10(2)3/h9-11H,5-8H2,1-4H3. The predicted molar refractivity (Wildman–Crippen MR) is 56.9 cm³/mol. The Balaban J connectivity index is 3.40. The molecule has 0 amide bonds. The third-order valence-corrected chi connectivity index (χ3v) is 1.84. The van der Waals surface area contributed by atoms with E-state index in [9.17, 15) is 0 Å². The van der Waals surface area contributed by atoms with Crippen molar-refractivity contribution in [3.05, 3.63) is 0 Å². The van der Waals surface area contributed by atoms with Crippen LogP contribution in [0.5, 0.6) is 0 Å². The van der Waals surface area contributed by atoms with Crippen LogP contribution in [0.15, 0.2) is 4.99 Å². The third-order valence-electron chi connectivity index (χ3n) is 1.84. The Bertz CT molecular complexity index is 116. The van der Waals surface area contributed by atoms with Crippen molar-refractivity contribution in [1.29, 1.82) is 0 Å². The van der Waals surface area contributed by atoms with E-state index in [0.29, 0.717) is 5.92 Å². The van der Waals surface area contributed by atoms with Crippen LogP contribution in [0.3, 0.4) is 0 Å². The van der Waals surface area contributed by atoms with Crippen LogP contribution < -0.4 is 0 Å². The van der Waals surface area contributed by atoms with E-state index < -0.39 is 0 Å². The third kappa shape index (κ3) is 7.77. The van der Waals surface area contributed by atoms with Gasteiger partial charge in [-0.05, 0) is 24.7 Å². The molecular formula is C11H23N. The Morgan fingerprint density at radius 3 is 2.42 bits per heavy atom. The maximum Gasteiger partial charge on any atom is 0.0385 e. The largest absolute Gasteiger partial charge is 0.297 e. The SMILES string of the molecule is CCCCN=CC(C)CC(C)C. The molecule has 0 heterocycles. The van der Waals surface area contributed by atoms with Crippen molar-refractivity contribution in [2.24, 2.45) is 16.8 Å². The van der Waals surface area contributed by atoms with Crippen molar-refractivity contribution < 1.29 is 0 Å². The van der Waals surface area contributed by atoms with Gasteiger partial charge in [0.1, 0.15) is 0 Å². The summed E-state index contributed by atoms with van der Waals surface area (Å²) in [4.78, 5) is 4.39. The number of hydrogen-bond acceptors (Lipinski definition) is 1. The lowest BCUT2D eigenvalue weighted by Gasteiger charge is -2.07. The fourth-order valence-corrected chi connectivity index (χ4v) is 1.31. The van der Waals surface area contributed by atoms with E-state index in [4.69, 9.17) is 0 Å². The number of aliphatic imine (C=N–C) groups is 1. The molecule has 0 fully saturated rings. The molecule has 0 bridgehead atoms. The summed E-state index contributed by atoms with van der Waals surface area (Å²) < 4.78 is 0. The van der Waals surface area contributed by atoms with Gasteiger partial charge in [-0.15, -0.1) is 0 Å². The molecule has 1 heteroatoms. The number of rotatable bonds is 6. The highest BCUT2D eigenvalue weighted by atomic mass is 14.7. The lowest BCUT2D eigenvalue weighted by Crippen LogP contribution is -2.01. The van der Waals surface area contributed by atoms with Crippen molar-refractivity contribution in [2.75, 3.05) is 6.54 Å². The first kappa shape index (κ1) is 11.7. The molecule has 1 unspecified atom stereocenters. The van der Waals surface area contributed by atoms with Gasteiger partial charge in [-0.2, -0.15) is 0 Å². The first-order valence-electron chi connectivity index (χ1n) is 5.16. The van der Waals surface area contributed by atoms with Crippen molar-refractivity contribution in [3.8, 4) is 0 Å². The van der Waals surface area contributed by atoms with Crippen LogP contribution in [0.1, 0.15) is 47.0 Å². The highest BCUT2D eigenvalue weighted by molar-refractivity contribution is 5.60. The van der Waals surface area contributed by atoms with Crippen molar-refractivity contribution in [3.63, 3.8) is 0 Å². The first-order valence-corrected chi connectivity index (χ1v) is 5.16. The highest BCUT2D eigenvalue weighted by Crippen LogP contribution is 2.08. The molecule has 0 N–H and O–H groups in total. The molecule has 72 valence electrons. The van der Waals surface area contributed by atoms with Crippen molar-refractivity contribution in [2.45, 2.75) is 47.0 Å². The Morgan fingerprint density at radius 1 is 1.25 bits per heavy atom. The van der Waals surface area contributed by atoms with E-state index in [1.165, 1.54) is 19.3 Å². The molecule has 0 spiro atoms. The van der Waals surface area contributed by atoms with Crippen LogP contribution in [-0.2, 0) is 0 Å². The Morgan fingerprint density at radius 2 is 1.92 bits per heavy atom. The molecule has 0 radical (unpaired) electrons. The fraction of sp³-hybridized carbons (Fsp3) is 0.909. The van der Waals surface area contributed by atoms with Gasteiger partial charge in [-0.1, -0.05) is 34.1 Å². The second-order valence-electron chi connectivity index (χ2n) is 4.02. The highest BCUT2D eigenvalue weighted by Gasteiger charge is 2.00. The van der Waals surface area contributed by atoms with Crippen LogP contribution in [-0.4, -0.2) is 12.8 Å². The quantitative estimate of drug-likeness (QED) is 0.426. The zero-order valence-corrected chi connectivity index (χ0v) is 9.01. The predicted octanol–water partition coefficient (Wildman–Crippen LogP) is 3.54. The molecule has 1 atom stereocenters. The Kier molecular flexibility index (Phi) is 7.12. The average molecular weight is 169 g/mol. The molecule has 0 aliphatic heterocycles. The molecule has 1 nitrogen and oxygen atoms in total. The van der Waals surface area contributed by atoms with Gasteiger partial charge in [0.05, 0.1) is 0 Å². The smallest absolute Gasteiger partial charge is 0.0385 e. The molecule has 0 aromatic carbocycles. The van der Waals surface area contributed by atoms with Crippen molar-refractivity contribution in [1.82, 2.24) is 0 Å². The van der Waals surface area contributed by atoms with Crippen LogP contribution in [0, 0.1) is 11.8 Å². The molecule has 0 saturated heterocycles. The summed E-state index contributed by atoms with van der Waals surface area (Å²) in [7, 11) is 0. The van der Waals surface area contributed by atoms with Crippen LogP contribution in [0.2, 0.25) is 0 Å². The summed E-state index contributed by atoms with van der Waals surface area (Å²) in [5.74, 6) is 1.44. The molecule has 0 aliphatic carbocycles. The second kappa shape index (κ2) is 7.33. The topological polar surface area (TPSA) is 12.4 Å². The summed E-state index contributed by atoms with van der Waals surface area (Å²) in [6.45, 7) is 9.98. The van der Waals surface area contributed by atoms with Gasteiger partial charge in [-0.25, -0.2) is 0 Å². The van der Waals surface area contributed by atoms with Gasteiger partial charge in [-0.3, -0.25) is 4.99 Å². The van der Waals surface area contributed by atoms with E-state index in [2.05, 4.69) is 38.9 Å². The maximum atomic E-state index is 4.39. The first-order chi connectivity index (χ1) is 5.66. The molecule has 0 aliphatic rings. The van der Waals surface area contributed by atoms with Gasteiger partial charge >= 0.3 is 0 Å². The van der Waals surface area contributed by atoms with Gasteiger partial charge in [0.25, 0.3) is 0 Å². The van der Waals surface area contributed by atoms with Gasteiger partial charge in [0, 0.05) is 12.8 Å². The number of hydrogen-bond donors (Lipinski definition) is 0. The van der Waals surface area contributed by atoms with Gasteiger partial charge in [0.15, 0.2) is 0 Å². The van der Waals surface area contributed by atoms with Crippen LogP contribution in [0.25, 0.3) is 0 Å². The maximum absolute atomic E-state index is 4.39. The number of nitrogens with zero attached hydrogens (tertiary/aromatic N) is 1. The van der Waals surface area contributed by atoms with E-state index in [1.807, 2.05) is 0 Å². The fourth-order valence-electron chi connectivity index (χ4n) is 1.31. The summed E-state index contributed by atoms with van der Waals surface area (Å²) in [6, 6.07) is 0. The molecular weight excluding hydrogens is 146 g/mol. The van der Waals surface area contributed by atoms with E-state index in [-0.39, 0.29) is 0 Å². The van der Waals surface area contributed by atoms with Crippen molar-refractivity contribution >= 4 is 6.21 Å². The summed E-state index contributed by atoms with van der Waals surface area (Å²) in [5, 5.41) is 0. The molecule has 0 saturated carbocycles. The Labute approximate surface area is 77.3 Å². The minimum absolute atomic E-state index is 0.654. The number of unbranched alkanes of at least 4 members (excludes halogenated alkanes) is 1. The van der Waals surface area contributed by atoms with E-state index in [1.54, 1.807) is 0 Å². The van der Waals surface area contributed by atoms with Gasteiger partial charge < -0.3 is 0 Å². The lowest BCUT2D eigenvalue weighted by molar-refractivity contribution is 0.526. The van der Waals surface area contributed by atoms with Gasteiger partial charge in [0.2, 0.25) is 0 Å². The summed E-state index contributed by atoms with van der Waals surface area (Å²) in [5.41, 5.74) is 0. The summed E-state index contributed by atoms with van der Waals surface area (Å²) in [6.07, 6.45) is 5.85. The van der Waals surface area contributed by atoms with Crippen LogP contribution >= 0.6 is 0 Å². The molecule has 0 aromatic rings. The zero-order valence-electron chi connectivity index (χ0n) is 9.01. The lowest BCUT2D eigenvalue weighted by atomic mass is 10.0.